The second-order valence-electron chi connectivity index (χ2n) is 3.67. The van der Waals surface area contributed by atoms with Crippen molar-refractivity contribution in [2.75, 3.05) is 0 Å². The second kappa shape index (κ2) is 6.00. The number of nitro groups is 1. The van der Waals surface area contributed by atoms with Gasteiger partial charge in [-0.1, -0.05) is 24.9 Å². The number of hydrogen-bond acceptors (Lipinski definition) is 4. The van der Waals surface area contributed by atoms with E-state index in [0.717, 1.165) is 6.42 Å². The molecule has 0 aliphatic carbocycles. The number of benzene rings is 1. The Labute approximate surface area is 109 Å². The third-order valence-corrected chi connectivity index (χ3v) is 2.96. The minimum absolute atomic E-state index is 0.0372. The average Bonchev–Trinajstić information content (AvgIpc) is 2.34. The number of nitrogens with zero attached hydrogens (tertiary/aromatic N) is 3. The van der Waals surface area contributed by atoms with Crippen molar-refractivity contribution >= 4 is 17.3 Å². The SMILES string of the molecule is CCCc1c(C#N)cc([N+](=O)[O-])c(Cl)c1CC#N. The smallest absolute Gasteiger partial charge is 0.258 e. The van der Waals surface area contributed by atoms with E-state index in [-0.39, 0.29) is 22.7 Å². The van der Waals surface area contributed by atoms with Gasteiger partial charge in [0, 0.05) is 6.07 Å². The van der Waals surface area contributed by atoms with Crippen LogP contribution in [0.4, 0.5) is 5.69 Å². The lowest BCUT2D eigenvalue weighted by Gasteiger charge is -2.10. The molecule has 0 atom stereocenters. The number of rotatable bonds is 4. The van der Waals surface area contributed by atoms with Gasteiger partial charge in [0.2, 0.25) is 0 Å². The third kappa shape index (κ3) is 2.58. The van der Waals surface area contributed by atoms with Crippen molar-refractivity contribution in [3.63, 3.8) is 0 Å². The van der Waals surface area contributed by atoms with Crippen molar-refractivity contribution in [2.45, 2.75) is 26.2 Å². The van der Waals surface area contributed by atoms with Crippen LogP contribution in [0, 0.1) is 32.8 Å². The van der Waals surface area contributed by atoms with Gasteiger partial charge in [-0.25, -0.2) is 0 Å². The first kappa shape index (κ1) is 14.0. The molecule has 1 aromatic carbocycles. The Hall–Kier alpha value is -2.11. The summed E-state index contributed by atoms with van der Waals surface area (Å²) in [7, 11) is 0. The Morgan fingerprint density at radius 2 is 2.11 bits per heavy atom. The lowest BCUT2D eigenvalue weighted by Crippen LogP contribution is -2.02. The Kier molecular flexibility index (Phi) is 4.65. The van der Waals surface area contributed by atoms with E-state index in [1.807, 2.05) is 19.1 Å². The van der Waals surface area contributed by atoms with E-state index >= 15 is 0 Å². The quantitative estimate of drug-likeness (QED) is 0.616. The molecule has 18 heavy (non-hydrogen) atoms. The van der Waals surface area contributed by atoms with E-state index < -0.39 is 4.92 Å². The molecule has 0 saturated carbocycles. The Balaban J connectivity index is 3.61. The van der Waals surface area contributed by atoms with Crippen LogP contribution in [0.2, 0.25) is 5.02 Å². The van der Waals surface area contributed by atoms with Crippen LogP contribution < -0.4 is 0 Å². The van der Waals surface area contributed by atoms with Crippen molar-refractivity contribution in [1.82, 2.24) is 0 Å². The zero-order chi connectivity index (χ0) is 13.7. The molecule has 0 aliphatic heterocycles. The number of nitro benzene ring substituents is 1. The molecule has 0 bridgehead atoms. The molecule has 1 rings (SSSR count). The topological polar surface area (TPSA) is 90.7 Å². The van der Waals surface area contributed by atoms with Crippen LogP contribution in [-0.4, -0.2) is 4.92 Å². The fraction of sp³-hybridized carbons (Fsp3) is 0.333. The molecule has 0 fully saturated rings. The summed E-state index contributed by atoms with van der Waals surface area (Å²) in [6.45, 7) is 1.92. The first-order valence-electron chi connectivity index (χ1n) is 5.32. The Bertz CT molecular complexity index is 570. The molecule has 1 aromatic rings. The molecule has 0 N–H and O–H groups in total. The van der Waals surface area contributed by atoms with E-state index in [9.17, 15) is 10.1 Å². The summed E-state index contributed by atoms with van der Waals surface area (Å²) < 4.78 is 0. The molecule has 5 nitrogen and oxygen atoms in total. The van der Waals surface area contributed by atoms with Crippen LogP contribution in [0.25, 0.3) is 0 Å². The summed E-state index contributed by atoms with van der Waals surface area (Å²) in [6.07, 6.45) is 1.30. The van der Waals surface area contributed by atoms with Crippen LogP contribution >= 0.6 is 11.6 Å². The van der Waals surface area contributed by atoms with Gasteiger partial charge < -0.3 is 0 Å². The molecule has 0 radical (unpaired) electrons. The summed E-state index contributed by atoms with van der Waals surface area (Å²) in [4.78, 5) is 10.2. The maximum absolute atomic E-state index is 10.8. The van der Waals surface area contributed by atoms with Gasteiger partial charge in [0.05, 0.1) is 29.0 Å². The van der Waals surface area contributed by atoms with Crippen molar-refractivity contribution < 1.29 is 4.92 Å². The largest absolute Gasteiger partial charge is 0.289 e. The molecule has 92 valence electrons. The minimum Gasteiger partial charge on any atom is -0.258 e. The first-order chi connectivity index (χ1) is 8.56. The average molecular weight is 264 g/mol. The van der Waals surface area contributed by atoms with Gasteiger partial charge in [0.25, 0.3) is 5.69 Å². The fourth-order valence-corrected chi connectivity index (χ4v) is 2.07. The predicted molar refractivity (Wildman–Crippen MR) is 66.1 cm³/mol. The van der Waals surface area contributed by atoms with Crippen molar-refractivity contribution in [3.8, 4) is 12.1 Å². The molecule has 0 heterocycles. The first-order valence-corrected chi connectivity index (χ1v) is 5.70. The van der Waals surface area contributed by atoms with E-state index in [0.29, 0.717) is 17.5 Å². The normalized spacial score (nSPS) is 9.56. The van der Waals surface area contributed by atoms with Crippen molar-refractivity contribution in [1.29, 1.82) is 10.5 Å². The van der Waals surface area contributed by atoms with Gasteiger partial charge in [0.1, 0.15) is 5.02 Å². The highest BCUT2D eigenvalue weighted by Gasteiger charge is 2.22. The molecular formula is C12H10ClN3O2. The summed E-state index contributed by atoms with van der Waals surface area (Å²) in [5.74, 6) is 0. The summed E-state index contributed by atoms with van der Waals surface area (Å²) in [5.41, 5.74) is 0.931. The molecule has 0 saturated heterocycles. The summed E-state index contributed by atoms with van der Waals surface area (Å²) in [5, 5.41) is 28.6. The molecule has 0 amide bonds. The van der Waals surface area contributed by atoms with E-state index in [2.05, 4.69) is 0 Å². The molecule has 6 heteroatoms. The van der Waals surface area contributed by atoms with Crippen molar-refractivity contribution in [2.24, 2.45) is 0 Å². The van der Waals surface area contributed by atoms with Crippen LogP contribution in [0.1, 0.15) is 30.0 Å². The third-order valence-electron chi connectivity index (χ3n) is 2.53. The monoisotopic (exact) mass is 263 g/mol. The Morgan fingerprint density at radius 3 is 2.56 bits per heavy atom. The lowest BCUT2D eigenvalue weighted by molar-refractivity contribution is -0.384. The number of nitriles is 2. The van der Waals surface area contributed by atoms with Crippen LogP contribution in [0.3, 0.4) is 0 Å². The zero-order valence-electron chi connectivity index (χ0n) is 9.73. The summed E-state index contributed by atoms with van der Waals surface area (Å²) in [6, 6.07) is 5.03. The van der Waals surface area contributed by atoms with Crippen LogP contribution in [0.15, 0.2) is 6.07 Å². The number of halogens is 1. The highest BCUT2D eigenvalue weighted by molar-refractivity contribution is 6.33. The lowest BCUT2D eigenvalue weighted by atomic mass is 9.95. The van der Waals surface area contributed by atoms with Gasteiger partial charge in [-0.15, -0.1) is 0 Å². The van der Waals surface area contributed by atoms with Crippen LogP contribution in [0.5, 0.6) is 0 Å². The maximum Gasteiger partial charge on any atom is 0.289 e. The highest BCUT2D eigenvalue weighted by atomic mass is 35.5. The van der Waals surface area contributed by atoms with E-state index in [1.54, 1.807) is 0 Å². The van der Waals surface area contributed by atoms with Gasteiger partial charge in [-0.3, -0.25) is 10.1 Å². The van der Waals surface area contributed by atoms with Gasteiger partial charge in [0.15, 0.2) is 0 Å². The molecule has 0 aliphatic rings. The van der Waals surface area contributed by atoms with E-state index in [4.69, 9.17) is 22.1 Å². The van der Waals surface area contributed by atoms with Gasteiger partial charge >= 0.3 is 0 Å². The van der Waals surface area contributed by atoms with Gasteiger partial charge in [-0.2, -0.15) is 10.5 Å². The zero-order valence-corrected chi connectivity index (χ0v) is 10.5. The molecular weight excluding hydrogens is 254 g/mol. The standard InChI is InChI=1S/C12H10ClN3O2/c1-2-3-9-8(7-15)6-11(16(17)18)12(13)10(9)4-5-14/h6H,2-4H2,1H3. The van der Waals surface area contributed by atoms with Gasteiger partial charge in [-0.05, 0) is 17.5 Å². The Morgan fingerprint density at radius 1 is 1.44 bits per heavy atom. The van der Waals surface area contributed by atoms with E-state index in [1.165, 1.54) is 6.07 Å². The molecule has 0 spiro atoms. The fourth-order valence-electron chi connectivity index (χ4n) is 1.77. The second-order valence-corrected chi connectivity index (χ2v) is 4.05. The maximum atomic E-state index is 10.8. The molecule has 0 aromatic heterocycles. The predicted octanol–water partition coefficient (Wildman–Crippen LogP) is 3.14. The molecule has 0 unspecified atom stereocenters. The highest BCUT2D eigenvalue weighted by Crippen LogP contribution is 2.34. The van der Waals surface area contributed by atoms with Crippen LogP contribution in [-0.2, 0) is 12.8 Å². The summed E-state index contributed by atoms with van der Waals surface area (Å²) >= 11 is 5.95. The minimum atomic E-state index is -0.639. The number of hydrogen-bond donors (Lipinski definition) is 0. The van der Waals surface area contributed by atoms with Crippen molar-refractivity contribution in [3.05, 3.63) is 37.9 Å².